The number of carbonyl (C=O) groups excluding carboxylic acids is 4. The van der Waals surface area contributed by atoms with Crippen molar-refractivity contribution in [2.75, 3.05) is 13.2 Å². The first-order valence-electron chi connectivity index (χ1n) is 34.1. The third-order valence-electron chi connectivity index (χ3n) is 19.2. The van der Waals surface area contributed by atoms with Crippen LogP contribution < -0.4 is 21.3 Å². The number of nitrogens with one attached hydrogen (secondary N) is 4. The average Bonchev–Trinajstić information content (AvgIpc) is 0.775. The lowest BCUT2D eigenvalue weighted by atomic mass is 9.73. The fourth-order valence-electron chi connectivity index (χ4n) is 16.5. The van der Waals surface area contributed by atoms with E-state index in [0.717, 1.165) is 0 Å². The van der Waals surface area contributed by atoms with Crippen LogP contribution in [0.4, 0.5) is 0 Å². The Balaban J connectivity index is 1.55. The number of piperidine rings is 4. The predicted molar refractivity (Wildman–Crippen MR) is 365 cm³/mol. The van der Waals surface area contributed by atoms with Gasteiger partial charge >= 0.3 is 23.9 Å². The summed E-state index contributed by atoms with van der Waals surface area (Å²) in [5, 5.41) is 38.9. The molecule has 0 atom stereocenters. The highest BCUT2D eigenvalue weighted by atomic mass is 16.6. The highest BCUT2D eigenvalue weighted by Crippen LogP contribution is 2.47. The van der Waals surface area contributed by atoms with Gasteiger partial charge in [-0.25, -0.2) is 0 Å². The summed E-state index contributed by atoms with van der Waals surface area (Å²) in [5.74, 6) is -2.58. The van der Waals surface area contributed by atoms with E-state index in [1.165, 1.54) is 0 Å². The Bertz CT molecular complexity index is 2540. The first-order valence-corrected chi connectivity index (χ1v) is 34.1. The van der Waals surface area contributed by atoms with Gasteiger partial charge in [0.25, 0.3) is 0 Å². The lowest BCUT2D eigenvalue weighted by Crippen LogP contribution is -2.61. The number of hydrogen-bond acceptors (Lipinski definition) is 15. The molecular formula is C76H126N4O11. The van der Waals surface area contributed by atoms with E-state index in [1.807, 2.05) is 107 Å². The van der Waals surface area contributed by atoms with E-state index in [2.05, 4.69) is 132 Å². The van der Waals surface area contributed by atoms with Crippen LogP contribution in [0.2, 0.25) is 0 Å². The van der Waals surface area contributed by atoms with Gasteiger partial charge in [0.2, 0.25) is 0 Å². The lowest BCUT2D eigenvalue weighted by Gasteiger charge is -2.47. The van der Waals surface area contributed by atoms with E-state index in [-0.39, 0.29) is 50.4 Å². The number of aromatic hydroxyl groups is 2. The summed E-state index contributed by atoms with van der Waals surface area (Å²) in [6, 6.07) is 7.64. The normalized spacial score (nSPS) is 22.2. The third-order valence-corrected chi connectivity index (χ3v) is 19.2. The van der Waals surface area contributed by atoms with Crippen LogP contribution in [0.1, 0.15) is 291 Å². The van der Waals surface area contributed by atoms with Crippen LogP contribution in [0.15, 0.2) is 24.3 Å². The van der Waals surface area contributed by atoms with Gasteiger partial charge in [0.05, 0.1) is 0 Å². The summed E-state index contributed by atoms with van der Waals surface area (Å²) >= 11 is 0. The topological polar surface area (TPSA) is 203 Å². The molecule has 15 heteroatoms. The van der Waals surface area contributed by atoms with Crippen molar-refractivity contribution in [2.45, 2.75) is 361 Å². The van der Waals surface area contributed by atoms with Crippen LogP contribution in [-0.2, 0) is 77.4 Å². The van der Waals surface area contributed by atoms with Crippen molar-refractivity contribution in [1.29, 1.82) is 0 Å². The molecule has 0 amide bonds. The molecule has 91 heavy (non-hydrogen) atoms. The zero-order valence-electron chi connectivity index (χ0n) is 62.1. The van der Waals surface area contributed by atoms with Crippen LogP contribution in [0.5, 0.6) is 11.5 Å². The molecule has 2 aromatic carbocycles. The molecule has 6 N–H and O–H groups in total. The van der Waals surface area contributed by atoms with E-state index in [1.54, 1.807) is 0 Å². The van der Waals surface area contributed by atoms with Crippen molar-refractivity contribution in [3.63, 3.8) is 0 Å². The minimum absolute atomic E-state index is 0.141. The van der Waals surface area contributed by atoms with Crippen molar-refractivity contribution in [3.8, 4) is 11.5 Å². The molecule has 0 bridgehead atoms. The van der Waals surface area contributed by atoms with Crippen LogP contribution in [0, 0.1) is 10.8 Å². The summed E-state index contributed by atoms with van der Waals surface area (Å²) in [7, 11) is 0. The van der Waals surface area contributed by atoms with Crippen molar-refractivity contribution < 1.29 is 53.1 Å². The van der Waals surface area contributed by atoms with E-state index < -0.39 is 125 Å². The highest BCUT2D eigenvalue weighted by molar-refractivity contribution is 6.01. The van der Waals surface area contributed by atoms with Crippen LogP contribution in [0.3, 0.4) is 0 Å². The predicted octanol–water partition coefficient (Wildman–Crippen LogP) is 14.3. The molecule has 4 aliphatic rings. The van der Waals surface area contributed by atoms with Gasteiger partial charge in [0.1, 0.15) is 35.9 Å². The van der Waals surface area contributed by atoms with E-state index in [0.29, 0.717) is 84.7 Å². The van der Waals surface area contributed by atoms with Crippen LogP contribution >= 0.6 is 0 Å². The molecule has 516 valence electrons. The Morgan fingerprint density at radius 3 is 0.703 bits per heavy atom. The molecule has 6 rings (SSSR count). The van der Waals surface area contributed by atoms with E-state index in [9.17, 15) is 10.2 Å². The van der Waals surface area contributed by atoms with Crippen molar-refractivity contribution >= 4 is 23.9 Å². The molecule has 0 spiro atoms. The quantitative estimate of drug-likeness (QED) is 0.0356. The standard InChI is InChI=1S/C76H126N4O11/c1-63(2,3)53-33-47(34-54(57(53)81)64(4,5)6)37-75(59(83)88-49-39-67(13,14)77-68(15,16)40-49,60(84)89-50-41-69(17,18)78-70(19,20)42-50)29-31-87-32-30-76(61(85)90-51-43-71(21,22)79-72(23,24)44-51,62(86)91-52-45-73(25,26)80-74(27,28)46-52)38-48-35-55(65(7,8)9)58(82)56(36-48)66(10,11)12/h33-36,49-52,77-82H,29-32,37-46H2,1-28H3. The Morgan fingerprint density at radius 1 is 0.363 bits per heavy atom. The van der Waals surface area contributed by atoms with Crippen LogP contribution in [-0.4, -0.2) is 116 Å². The smallest absolute Gasteiger partial charge is 0.324 e. The monoisotopic (exact) mass is 1270 g/mol. The van der Waals surface area contributed by atoms with Gasteiger partial charge < -0.3 is 55.2 Å². The molecule has 4 heterocycles. The molecule has 0 aromatic heterocycles. The molecule has 2 aromatic rings. The Hall–Kier alpha value is -4.28. The molecule has 0 radical (unpaired) electrons. The zero-order valence-corrected chi connectivity index (χ0v) is 62.1. The fourth-order valence-corrected chi connectivity index (χ4v) is 16.5. The summed E-state index contributed by atoms with van der Waals surface area (Å²) in [5.41, 5.74) is -5.48. The molecule has 0 unspecified atom stereocenters. The van der Waals surface area contributed by atoms with Gasteiger partial charge in [0.15, 0.2) is 10.8 Å². The number of benzene rings is 2. The first kappa shape index (κ1) is 75.7. The number of rotatable bonds is 18. The van der Waals surface area contributed by atoms with Gasteiger partial charge in [0, 0.05) is 109 Å². The number of phenols is 2. The van der Waals surface area contributed by atoms with E-state index in [4.69, 9.17) is 23.7 Å². The molecule has 4 aliphatic heterocycles. The minimum atomic E-state index is -2.00. The second kappa shape index (κ2) is 25.7. The third kappa shape index (κ3) is 19.5. The van der Waals surface area contributed by atoms with Gasteiger partial charge in [-0.1, -0.05) is 107 Å². The molecule has 0 saturated carbocycles. The van der Waals surface area contributed by atoms with Gasteiger partial charge in [-0.2, -0.15) is 0 Å². The maximum atomic E-state index is 16.1. The van der Waals surface area contributed by atoms with Gasteiger partial charge in [-0.15, -0.1) is 0 Å². The largest absolute Gasteiger partial charge is 0.507 e. The Kier molecular flexibility index (Phi) is 21.4. The summed E-state index contributed by atoms with van der Waals surface area (Å²) in [6.45, 7) is 57.4. The molecule has 4 saturated heterocycles. The van der Waals surface area contributed by atoms with Crippen LogP contribution in [0.25, 0.3) is 0 Å². The molecular weight excluding hydrogens is 1140 g/mol. The van der Waals surface area contributed by atoms with Crippen molar-refractivity contribution in [2.24, 2.45) is 10.8 Å². The maximum Gasteiger partial charge on any atom is 0.324 e. The SMILES string of the molecule is CC1(C)CC(OC(=O)C(CCOCCC(Cc2cc(C(C)(C)C)c(O)c(C(C)(C)C)c2)(C(=O)OC2CC(C)(C)NC(C)(C)C2)C(=O)OC2CC(C)(C)NC(C)(C)C2)(Cc2cc(C(C)(C)C)c(O)c(C(C)(C)C)c2)C(=O)OC2CC(C)(C)NC(C)(C)C2)CC(C)(C)N1. The highest BCUT2D eigenvalue weighted by Gasteiger charge is 2.56. The van der Waals surface area contributed by atoms with Gasteiger partial charge in [-0.3, -0.25) is 19.2 Å². The van der Waals surface area contributed by atoms with Crippen molar-refractivity contribution in [1.82, 2.24) is 21.3 Å². The molecule has 4 fully saturated rings. The van der Waals surface area contributed by atoms with Crippen molar-refractivity contribution in [3.05, 3.63) is 57.6 Å². The fraction of sp³-hybridized carbons (Fsp3) is 0.789. The first-order chi connectivity index (χ1) is 40.8. The van der Waals surface area contributed by atoms with E-state index >= 15 is 19.2 Å². The zero-order chi connectivity index (χ0) is 69.3. The Morgan fingerprint density at radius 2 is 0.538 bits per heavy atom. The summed E-state index contributed by atoms with van der Waals surface area (Å²) in [6.07, 6.45) is 0.977. The number of esters is 4. The number of phenolic OH excluding ortho intramolecular Hbond substituents is 2. The average molecular weight is 1270 g/mol. The summed E-state index contributed by atoms with van der Waals surface area (Å²) in [4.78, 5) is 64.4. The lowest BCUT2D eigenvalue weighted by molar-refractivity contribution is -0.185. The number of carbonyl (C=O) groups is 4. The second-order valence-electron chi connectivity index (χ2n) is 38.0. The summed E-state index contributed by atoms with van der Waals surface area (Å²) < 4.78 is 34.0. The molecule has 0 aliphatic carbocycles. The minimum Gasteiger partial charge on any atom is -0.507 e. The van der Waals surface area contributed by atoms with Gasteiger partial charge in [-0.05, 0) is 192 Å². The Labute approximate surface area is 550 Å². The second-order valence-corrected chi connectivity index (χ2v) is 38.0. The maximum absolute atomic E-state index is 16.1. The molecule has 15 nitrogen and oxygen atoms in total. The number of hydrogen-bond donors (Lipinski definition) is 6. The number of ether oxygens (including phenoxy) is 5.